The second-order valence-corrected chi connectivity index (χ2v) is 4.71. The van der Waals surface area contributed by atoms with Crippen LogP contribution in [0.3, 0.4) is 0 Å². The number of benzene rings is 1. The van der Waals surface area contributed by atoms with E-state index in [0.29, 0.717) is 5.56 Å². The zero-order valence-electron chi connectivity index (χ0n) is 12.1. The molecule has 0 fully saturated rings. The number of alkyl halides is 3. The van der Waals surface area contributed by atoms with Crippen molar-refractivity contribution in [3.8, 4) is 0 Å². The summed E-state index contributed by atoms with van der Waals surface area (Å²) >= 11 is 0. The maximum Gasteiger partial charge on any atom is 0.433 e. The van der Waals surface area contributed by atoms with Crippen LogP contribution >= 0.6 is 12.4 Å². The van der Waals surface area contributed by atoms with E-state index in [4.69, 9.17) is 5.11 Å². The van der Waals surface area contributed by atoms with E-state index >= 15 is 0 Å². The topological polar surface area (TPSA) is 67.2 Å². The minimum atomic E-state index is -4.45. The number of aryl methyl sites for hydroxylation is 1. The van der Waals surface area contributed by atoms with Gasteiger partial charge in [0.15, 0.2) is 0 Å². The molecule has 0 unspecified atom stereocenters. The molecule has 126 valence electrons. The van der Waals surface area contributed by atoms with Crippen LogP contribution in [0.15, 0.2) is 30.3 Å². The minimum absolute atomic E-state index is 0. The van der Waals surface area contributed by atoms with Gasteiger partial charge in [-0.1, -0.05) is 18.2 Å². The third-order valence-electron chi connectivity index (χ3n) is 3.09. The summed E-state index contributed by atoms with van der Waals surface area (Å²) in [7, 11) is 1.23. The van der Waals surface area contributed by atoms with Gasteiger partial charge in [-0.15, -0.1) is 12.4 Å². The molecule has 5 nitrogen and oxygen atoms in total. The zero-order chi connectivity index (χ0) is 16.3. The largest absolute Gasteiger partial charge is 0.478 e. The quantitative estimate of drug-likeness (QED) is 0.871. The molecule has 0 aliphatic carbocycles. The van der Waals surface area contributed by atoms with Gasteiger partial charge in [-0.25, -0.2) is 4.79 Å². The Bertz CT molecular complexity index is 686. The summed E-state index contributed by atoms with van der Waals surface area (Å²) in [4.78, 5) is 11.0. The molecule has 0 spiro atoms. The lowest BCUT2D eigenvalue weighted by Crippen LogP contribution is -2.15. The molecule has 1 heterocycles. The smallest absolute Gasteiger partial charge is 0.433 e. The molecular formula is C14H15ClF3N3O2. The van der Waals surface area contributed by atoms with Crippen molar-refractivity contribution in [3.05, 3.63) is 52.8 Å². The third-order valence-corrected chi connectivity index (χ3v) is 3.09. The van der Waals surface area contributed by atoms with Gasteiger partial charge >= 0.3 is 12.1 Å². The Morgan fingerprint density at radius 2 is 1.96 bits per heavy atom. The van der Waals surface area contributed by atoms with Gasteiger partial charge < -0.3 is 10.4 Å². The molecule has 0 saturated heterocycles. The lowest BCUT2D eigenvalue weighted by Gasteiger charge is -2.06. The van der Waals surface area contributed by atoms with Crippen molar-refractivity contribution in [3.63, 3.8) is 0 Å². The Kier molecular flexibility index (Phi) is 6.17. The van der Waals surface area contributed by atoms with E-state index in [-0.39, 0.29) is 36.8 Å². The van der Waals surface area contributed by atoms with Crippen LogP contribution in [0.5, 0.6) is 0 Å². The van der Waals surface area contributed by atoms with Crippen LogP contribution in [0, 0.1) is 0 Å². The number of carbonyl (C=O) groups is 1. The number of hydrogen-bond acceptors (Lipinski definition) is 3. The highest BCUT2D eigenvalue weighted by molar-refractivity contribution is 5.89. The van der Waals surface area contributed by atoms with Gasteiger partial charge in [-0.05, 0) is 17.7 Å². The molecular weight excluding hydrogens is 335 g/mol. The summed E-state index contributed by atoms with van der Waals surface area (Å²) in [5, 5.41) is 15.7. The van der Waals surface area contributed by atoms with Crippen LogP contribution in [0.2, 0.25) is 0 Å². The van der Waals surface area contributed by atoms with Gasteiger partial charge in [0.25, 0.3) is 0 Å². The third kappa shape index (κ3) is 4.70. The molecule has 0 amide bonds. The number of halogens is 4. The second kappa shape index (κ2) is 7.47. The van der Waals surface area contributed by atoms with Crippen molar-refractivity contribution in [1.82, 2.24) is 15.1 Å². The normalized spacial score (nSPS) is 11.1. The van der Waals surface area contributed by atoms with Gasteiger partial charge in [-0.2, -0.15) is 18.3 Å². The molecule has 0 atom stereocenters. The number of nitrogens with zero attached hydrogens (tertiary/aromatic N) is 2. The van der Waals surface area contributed by atoms with Crippen molar-refractivity contribution >= 4 is 18.4 Å². The first-order valence-electron chi connectivity index (χ1n) is 6.41. The fourth-order valence-corrected chi connectivity index (χ4v) is 2.09. The van der Waals surface area contributed by atoms with E-state index in [0.717, 1.165) is 10.7 Å². The summed E-state index contributed by atoms with van der Waals surface area (Å²) in [5.74, 6) is -1.05. The molecule has 0 aliphatic heterocycles. The Labute approximate surface area is 136 Å². The second-order valence-electron chi connectivity index (χ2n) is 4.71. The highest BCUT2D eigenvalue weighted by atomic mass is 35.5. The summed E-state index contributed by atoms with van der Waals surface area (Å²) in [6.45, 7) is 0.332. The zero-order valence-corrected chi connectivity index (χ0v) is 12.9. The predicted molar refractivity (Wildman–Crippen MR) is 79.4 cm³/mol. The molecule has 9 heteroatoms. The molecule has 0 radical (unpaired) electrons. The monoisotopic (exact) mass is 349 g/mol. The van der Waals surface area contributed by atoms with Gasteiger partial charge in [0.1, 0.15) is 5.69 Å². The number of rotatable bonds is 5. The van der Waals surface area contributed by atoms with Crippen LogP contribution in [0.4, 0.5) is 13.2 Å². The molecule has 0 aliphatic rings. The van der Waals surface area contributed by atoms with E-state index in [9.17, 15) is 18.0 Å². The Balaban J connectivity index is 0.00000264. The number of nitrogens with one attached hydrogen (secondary N) is 1. The van der Waals surface area contributed by atoms with Gasteiger partial charge in [0.2, 0.25) is 0 Å². The molecule has 2 N–H and O–H groups in total. The summed E-state index contributed by atoms with van der Waals surface area (Å²) in [5.41, 5.74) is 0.131. The van der Waals surface area contributed by atoms with Gasteiger partial charge in [0.05, 0.1) is 11.3 Å². The molecule has 1 aromatic carbocycles. The van der Waals surface area contributed by atoms with Crippen LogP contribution in [-0.2, 0) is 26.3 Å². The SMILES string of the molecule is Cl.Cn1nc(CNCc2ccccc2C(=O)O)cc1C(F)(F)F. The van der Waals surface area contributed by atoms with Crippen molar-refractivity contribution in [2.75, 3.05) is 0 Å². The minimum Gasteiger partial charge on any atom is -0.478 e. The van der Waals surface area contributed by atoms with Crippen molar-refractivity contribution < 1.29 is 23.1 Å². The molecule has 0 saturated carbocycles. The first-order chi connectivity index (χ1) is 10.3. The Morgan fingerprint density at radius 1 is 1.30 bits per heavy atom. The fourth-order valence-electron chi connectivity index (χ4n) is 2.09. The number of carboxylic acids is 1. The van der Waals surface area contributed by atoms with E-state index < -0.39 is 17.8 Å². The average molecular weight is 350 g/mol. The lowest BCUT2D eigenvalue weighted by molar-refractivity contribution is -0.143. The molecule has 23 heavy (non-hydrogen) atoms. The van der Waals surface area contributed by atoms with Crippen LogP contribution in [-0.4, -0.2) is 20.9 Å². The standard InChI is InChI=1S/C14H14F3N3O2.ClH/c1-20-12(14(15,16)17)6-10(19-20)8-18-7-9-4-2-3-5-11(9)13(21)22;/h2-6,18H,7-8H2,1H3,(H,21,22);1H. The van der Waals surface area contributed by atoms with E-state index in [1.54, 1.807) is 18.2 Å². The highest BCUT2D eigenvalue weighted by Crippen LogP contribution is 2.29. The maximum absolute atomic E-state index is 12.6. The van der Waals surface area contributed by atoms with Crippen LogP contribution in [0.25, 0.3) is 0 Å². The molecule has 1 aromatic heterocycles. The molecule has 2 aromatic rings. The lowest BCUT2D eigenvalue weighted by atomic mass is 10.1. The summed E-state index contributed by atoms with van der Waals surface area (Å²) in [6, 6.07) is 7.40. The molecule has 0 bridgehead atoms. The molecule has 2 rings (SSSR count). The van der Waals surface area contributed by atoms with Crippen molar-refractivity contribution in [2.45, 2.75) is 19.3 Å². The van der Waals surface area contributed by atoms with Gasteiger partial charge in [0, 0.05) is 20.1 Å². The number of aromatic nitrogens is 2. The summed E-state index contributed by atoms with van der Waals surface area (Å²) < 4.78 is 38.7. The van der Waals surface area contributed by atoms with E-state index in [1.807, 2.05) is 0 Å². The highest BCUT2D eigenvalue weighted by Gasteiger charge is 2.34. The average Bonchev–Trinajstić information content (AvgIpc) is 2.80. The number of aromatic carboxylic acids is 1. The van der Waals surface area contributed by atoms with E-state index in [2.05, 4.69) is 10.4 Å². The Hall–Kier alpha value is -2.06. The van der Waals surface area contributed by atoms with Crippen molar-refractivity contribution in [2.24, 2.45) is 7.05 Å². The van der Waals surface area contributed by atoms with Gasteiger partial charge in [-0.3, -0.25) is 4.68 Å². The number of carboxylic acid groups (broad SMARTS) is 1. The first kappa shape index (κ1) is 19.0. The Morgan fingerprint density at radius 3 is 2.52 bits per heavy atom. The van der Waals surface area contributed by atoms with E-state index in [1.165, 1.54) is 13.1 Å². The van der Waals surface area contributed by atoms with Crippen LogP contribution < -0.4 is 5.32 Å². The number of hydrogen-bond donors (Lipinski definition) is 2. The fraction of sp³-hybridized carbons (Fsp3) is 0.286. The maximum atomic E-state index is 12.6. The summed E-state index contributed by atoms with van der Waals surface area (Å²) in [6.07, 6.45) is -4.45. The van der Waals surface area contributed by atoms with Crippen LogP contribution in [0.1, 0.15) is 27.3 Å². The van der Waals surface area contributed by atoms with Crippen molar-refractivity contribution in [1.29, 1.82) is 0 Å². The first-order valence-corrected chi connectivity index (χ1v) is 6.41. The predicted octanol–water partition coefficient (Wildman–Crippen LogP) is 2.85.